The lowest BCUT2D eigenvalue weighted by Gasteiger charge is -2.33. The van der Waals surface area contributed by atoms with Gasteiger partial charge in [0.15, 0.2) is 12.1 Å². The van der Waals surface area contributed by atoms with E-state index in [-0.39, 0.29) is 11.8 Å². The van der Waals surface area contributed by atoms with Gasteiger partial charge in [-0.05, 0) is 68.5 Å². The third-order valence-corrected chi connectivity index (χ3v) is 7.26. The predicted molar refractivity (Wildman–Crippen MR) is 146 cm³/mol. The molecule has 5 rings (SSSR count). The number of amides is 3. The fourth-order valence-corrected chi connectivity index (χ4v) is 5.13. The fraction of sp³-hybridized carbons (Fsp3) is 0.323. The molecule has 3 aromatic rings. The van der Waals surface area contributed by atoms with Crippen molar-refractivity contribution in [3.63, 3.8) is 0 Å². The van der Waals surface area contributed by atoms with E-state index in [1.165, 1.54) is 0 Å². The Hall–Kier alpha value is -4.13. The van der Waals surface area contributed by atoms with Crippen LogP contribution in [0.15, 0.2) is 72.8 Å². The third-order valence-electron chi connectivity index (χ3n) is 7.26. The molecular weight excluding hydrogens is 478 g/mol. The molecule has 2 heterocycles. The number of likely N-dealkylation sites (tertiary alicyclic amines) is 1. The summed E-state index contributed by atoms with van der Waals surface area (Å²) in [4.78, 5) is 43.0. The number of ether oxygens (including phenoxy) is 1. The zero-order valence-corrected chi connectivity index (χ0v) is 21.9. The second-order valence-electron chi connectivity index (χ2n) is 10.2. The SMILES string of the molecule is Cc1ccc(CN2C(=O)OC(c3ccc(NC(=O)c4cccc(C)c4)cc3)C2C(=O)N2CCCCC2)cc1. The summed E-state index contributed by atoms with van der Waals surface area (Å²) in [5.41, 5.74) is 5.01. The van der Waals surface area contributed by atoms with Gasteiger partial charge in [-0.2, -0.15) is 0 Å². The molecule has 0 saturated carbocycles. The Morgan fingerprint density at radius 3 is 2.29 bits per heavy atom. The van der Waals surface area contributed by atoms with Crippen molar-refractivity contribution in [2.75, 3.05) is 18.4 Å². The van der Waals surface area contributed by atoms with E-state index < -0.39 is 18.2 Å². The van der Waals surface area contributed by atoms with E-state index in [1.807, 2.05) is 73.3 Å². The molecule has 196 valence electrons. The van der Waals surface area contributed by atoms with Crippen LogP contribution in [0.5, 0.6) is 0 Å². The van der Waals surface area contributed by atoms with Gasteiger partial charge in [-0.1, -0.05) is 59.7 Å². The molecule has 2 aliphatic heterocycles. The summed E-state index contributed by atoms with van der Waals surface area (Å²) in [6, 6.07) is 21.8. The number of nitrogens with zero attached hydrogens (tertiary/aromatic N) is 2. The van der Waals surface area contributed by atoms with Crippen LogP contribution in [0.2, 0.25) is 0 Å². The summed E-state index contributed by atoms with van der Waals surface area (Å²) in [5, 5.41) is 2.91. The van der Waals surface area contributed by atoms with Gasteiger partial charge in [0.25, 0.3) is 5.91 Å². The molecule has 7 heteroatoms. The number of anilines is 1. The van der Waals surface area contributed by atoms with Gasteiger partial charge in [-0.25, -0.2) is 4.79 Å². The Balaban J connectivity index is 1.38. The van der Waals surface area contributed by atoms with E-state index in [4.69, 9.17) is 4.74 Å². The van der Waals surface area contributed by atoms with Gasteiger partial charge in [0.05, 0.1) is 6.54 Å². The number of piperidine rings is 1. The van der Waals surface area contributed by atoms with Crippen LogP contribution in [0.4, 0.5) is 10.5 Å². The zero-order valence-electron chi connectivity index (χ0n) is 21.9. The Kier molecular flexibility index (Phi) is 7.45. The van der Waals surface area contributed by atoms with Gasteiger partial charge >= 0.3 is 6.09 Å². The van der Waals surface area contributed by atoms with E-state index in [9.17, 15) is 14.4 Å². The molecule has 3 amide bonds. The van der Waals surface area contributed by atoms with Crippen molar-refractivity contribution in [2.45, 2.75) is 51.8 Å². The van der Waals surface area contributed by atoms with Crippen molar-refractivity contribution in [1.82, 2.24) is 9.80 Å². The van der Waals surface area contributed by atoms with E-state index in [0.717, 1.165) is 36.0 Å². The number of aryl methyl sites for hydroxylation is 2. The monoisotopic (exact) mass is 511 g/mol. The Morgan fingerprint density at radius 1 is 0.895 bits per heavy atom. The number of rotatable bonds is 6. The number of cyclic esters (lactones) is 1. The summed E-state index contributed by atoms with van der Waals surface area (Å²) in [6.07, 6.45) is 1.80. The molecular formula is C31H33N3O4. The number of nitrogens with one attached hydrogen (secondary N) is 1. The minimum atomic E-state index is -0.755. The molecule has 38 heavy (non-hydrogen) atoms. The van der Waals surface area contributed by atoms with Crippen LogP contribution in [0.3, 0.4) is 0 Å². The fourth-order valence-electron chi connectivity index (χ4n) is 5.13. The van der Waals surface area contributed by atoms with Crippen LogP contribution in [0.1, 0.15) is 58.0 Å². The maximum Gasteiger partial charge on any atom is 0.411 e. The van der Waals surface area contributed by atoms with Gasteiger partial charge < -0.3 is 15.0 Å². The summed E-state index contributed by atoms with van der Waals surface area (Å²) in [7, 11) is 0. The van der Waals surface area contributed by atoms with Gasteiger partial charge in [-0.3, -0.25) is 14.5 Å². The summed E-state index contributed by atoms with van der Waals surface area (Å²) in [5.74, 6) is -0.277. The molecule has 3 aromatic carbocycles. The summed E-state index contributed by atoms with van der Waals surface area (Å²) < 4.78 is 5.84. The lowest BCUT2D eigenvalue weighted by Crippen LogP contribution is -2.49. The number of carbonyl (C=O) groups is 3. The van der Waals surface area contributed by atoms with Crippen molar-refractivity contribution < 1.29 is 19.1 Å². The largest absolute Gasteiger partial charge is 0.438 e. The van der Waals surface area contributed by atoms with Gasteiger partial charge in [-0.15, -0.1) is 0 Å². The van der Waals surface area contributed by atoms with Crippen LogP contribution in [-0.2, 0) is 16.1 Å². The second-order valence-corrected chi connectivity index (χ2v) is 10.2. The Bertz CT molecular complexity index is 1310. The number of hydrogen-bond acceptors (Lipinski definition) is 4. The highest BCUT2D eigenvalue weighted by atomic mass is 16.6. The maximum atomic E-state index is 13.8. The quantitative estimate of drug-likeness (QED) is 0.465. The number of hydrogen-bond donors (Lipinski definition) is 1. The minimum Gasteiger partial charge on any atom is -0.438 e. The normalized spacial score (nSPS) is 19.3. The third kappa shape index (κ3) is 5.57. The molecule has 2 saturated heterocycles. The van der Waals surface area contributed by atoms with Crippen molar-refractivity contribution in [3.05, 3.63) is 101 Å². The zero-order chi connectivity index (χ0) is 26.6. The van der Waals surface area contributed by atoms with Gasteiger partial charge in [0, 0.05) is 24.3 Å². The van der Waals surface area contributed by atoms with Crippen molar-refractivity contribution in [1.29, 1.82) is 0 Å². The van der Waals surface area contributed by atoms with Crippen LogP contribution >= 0.6 is 0 Å². The molecule has 0 aromatic heterocycles. The van der Waals surface area contributed by atoms with Crippen molar-refractivity contribution >= 4 is 23.6 Å². The molecule has 2 atom stereocenters. The molecule has 0 bridgehead atoms. The summed E-state index contributed by atoms with van der Waals surface area (Å²) in [6.45, 7) is 5.64. The second kappa shape index (κ2) is 11.1. The molecule has 2 fully saturated rings. The highest BCUT2D eigenvalue weighted by Crippen LogP contribution is 2.36. The first kappa shape index (κ1) is 25.5. The van der Waals surface area contributed by atoms with E-state index >= 15 is 0 Å². The minimum absolute atomic E-state index is 0.0792. The van der Waals surface area contributed by atoms with Gasteiger partial charge in [0.2, 0.25) is 5.91 Å². The highest BCUT2D eigenvalue weighted by molar-refractivity contribution is 6.04. The van der Waals surface area contributed by atoms with E-state index in [1.54, 1.807) is 23.1 Å². The van der Waals surface area contributed by atoms with Crippen LogP contribution in [0.25, 0.3) is 0 Å². The van der Waals surface area contributed by atoms with Crippen LogP contribution < -0.4 is 5.32 Å². The average Bonchev–Trinajstić information content (AvgIpc) is 3.26. The number of carbonyl (C=O) groups excluding carboxylic acids is 3. The van der Waals surface area contributed by atoms with Crippen molar-refractivity contribution in [3.8, 4) is 0 Å². The molecule has 0 radical (unpaired) electrons. The van der Waals surface area contributed by atoms with Crippen LogP contribution in [-0.4, -0.2) is 46.8 Å². The standard InChI is InChI=1S/C31H33N3O4/c1-21-9-11-23(12-10-21)20-34-27(30(36)33-17-4-3-5-18-33)28(38-31(34)37)24-13-15-26(16-14-24)32-29(35)25-8-6-7-22(2)19-25/h6-16,19,27-28H,3-5,17-18,20H2,1-2H3,(H,32,35). The lowest BCUT2D eigenvalue weighted by molar-refractivity contribution is -0.137. The first-order valence-corrected chi connectivity index (χ1v) is 13.2. The average molecular weight is 512 g/mol. The molecule has 0 spiro atoms. The van der Waals surface area contributed by atoms with Crippen LogP contribution in [0, 0.1) is 13.8 Å². The first-order valence-electron chi connectivity index (χ1n) is 13.2. The molecule has 2 aliphatic rings. The first-order chi connectivity index (χ1) is 18.4. The molecule has 2 unspecified atom stereocenters. The Labute approximate surface area is 223 Å². The summed E-state index contributed by atoms with van der Waals surface area (Å²) >= 11 is 0. The van der Waals surface area contributed by atoms with E-state index in [2.05, 4.69) is 5.32 Å². The maximum absolute atomic E-state index is 13.8. The number of benzene rings is 3. The molecule has 1 N–H and O–H groups in total. The predicted octanol–water partition coefficient (Wildman–Crippen LogP) is 5.63. The topological polar surface area (TPSA) is 79.0 Å². The Morgan fingerprint density at radius 2 is 1.61 bits per heavy atom. The van der Waals surface area contributed by atoms with Gasteiger partial charge in [0.1, 0.15) is 0 Å². The highest BCUT2D eigenvalue weighted by Gasteiger charge is 2.48. The molecule has 0 aliphatic carbocycles. The molecule has 7 nitrogen and oxygen atoms in total. The lowest BCUT2D eigenvalue weighted by atomic mass is 9.98. The smallest absolute Gasteiger partial charge is 0.411 e. The van der Waals surface area contributed by atoms with E-state index in [0.29, 0.717) is 36.4 Å². The van der Waals surface area contributed by atoms with Crippen molar-refractivity contribution in [2.24, 2.45) is 0 Å².